The minimum Gasteiger partial charge on any atom is -0.462 e. The average molecular weight is 242 g/mol. The zero-order valence-electron chi connectivity index (χ0n) is 8.59. The van der Waals surface area contributed by atoms with Crippen molar-refractivity contribution < 1.29 is 13.9 Å². The average Bonchev–Trinajstić information content (AvgIpc) is 2.28. The molecule has 0 aliphatic heterocycles. The van der Waals surface area contributed by atoms with E-state index in [1.807, 2.05) is 0 Å². The van der Waals surface area contributed by atoms with Gasteiger partial charge < -0.3 is 4.74 Å². The Morgan fingerprint density at radius 1 is 1.62 bits per heavy atom. The molecule has 0 aliphatic rings. The van der Waals surface area contributed by atoms with Crippen LogP contribution in [-0.2, 0) is 10.6 Å². The maximum absolute atomic E-state index is 13.8. The maximum atomic E-state index is 13.8. The van der Waals surface area contributed by atoms with Crippen molar-refractivity contribution in [2.45, 2.75) is 12.8 Å². The van der Waals surface area contributed by atoms with Crippen LogP contribution in [0.15, 0.2) is 12.1 Å². The summed E-state index contributed by atoms with van der Waals surface area (Å²) in [6.07, 6.45) is 0. The zero-order valence-corrected chi connectivity index (χ0v) is 9.34. The number of nitriles is 1. The van der Waals surface area contributed by atoms with E-state index in [-0.39, 0.29) is 29.2 Å². The fraction of sp³-hybridized carbons (Fsp3) is 0.273. The number of esters is 1. The Morgan fingerprint density at radius 3 is 2.81 bits per heavy atom. The number of halogens is 2. The van der Waals surface area contributed by atoms with Gasteiger partial charge in [0, 0.05) is 5.56 Å². The SMILES string of the molecule is CCOC(=O)c1c(C#N)ccc(CCl)c1F. The number of ether oxygens (including phenoxy) is 1. The molecule has 0 amide bonds. The molecule has 0 bridgehead atoms. The molecule has 0 radical (unpaired) electrons. The molecule has 0 aromatic heterocycles. The molecule has 0 atom stereocenters. The summed E-state index contributed by atoms with van der Waals surface area (Å²) in [5.41, 5.74) is -0.226. The number of benzene rings is 1. The van der Waals surface area contributed by atoms with Gasteiger partial charge in [-0.3, -0.25) is 0 Å². The van der Waals surface area contributed by atoms with Gasteiger partial charge in [0.05, 0.1) is 18.1 Å². The van der Waals surface area contributed by atoms with E-state index < -0.39 is 11.8 Å². The number of nitrogens with zero attached hydrogens (tertiary/aromatic N) is 1. The van der Waals surface area contributed by atoms with E-state index in [4.69, 9.17) is 16.9 Å². The van der Waals surface area contributed by atoms with Gasteiger partial charge in [0.25, 0.3) is 0 Å². The molecule has 0 heterocycles. The summed E-state index contributed by atoms with van der Waals surface area (Å²) >= 11 is 5.51. The Morgan fingerprint density at radius 2 is 2.31 bits per heavy atom. The molecule has 0 aliphatic carbocycles. The second-order valence-electron chi connectivity index (χ2n) is 2.93. The molecule has 1 rings (SSSR count). The van der Waals surface area contributed by atoms with E-state index in [0.29, 0.717) is 0 Å². The van der Waals surface area contributed by atoms with Crippen molar-refractivity contribution in [2.24, 2.45) is 0 Å². The van der Waals surface area contributed by atoms with E-state index in [1.165, 1.54) is 12.1 Å². The van der Waals surface area contributed by atoms with Gasteiger partial charge in [0.15, 0.2) is 0 Å². The highest BCUT2D eigenvalue weighted by molar-refractivity contribution is 6.17. The largest absolute Gasteiger partial charge is 0.462 e. The lowest BCUT2D eigenvalue weighted by molar-refractivity contribution is 0.0520. The minimum atomic E-state index is -0.844. The molecule has 0 saturated carbocycles. The number of carbonyl (C=O) groups excluding carboxylic acids is 1. The first-order valence-corrected chi connectivity index (χ1v) is 5.13. The third-order valence-corrected chi connectivity index (χ3v) is 2.25. The number of hydrogen-bond acceptors (Lipinski definition) is 3. The Bertz CT molecular complexity index is 454. The minimum absolute atomic E-state index is 0.0511. The topological polar surface area (TPSA) is 50.1 Å². The van der Waals surface area contributed by atoms with E-state index in [0.717, 1.165) is 0 Å². The Labute approximate surface area is 97.4 Å². The maximum Gasteiger partial charge on any atom is 0.342 e. The van der Waals surface area contributed by atoms with E-state index in [1.54, 1.807) is 13.0 Å². The highest BCUT2D eigenvalue weighted by Crippen LogP contribution is 2.20. The first-order valence-electron chi connectivity index (χ1n) is 4.60. The molecule has 1 aromatic rings. The van der Waals surface area contributed by atoms with Gasteiger partial charge in [-0.05, 0) is 13.0 Å². The van der Waals surface area contributed by atoms with Crippen LogP contribution in [0, 0.1) is 17.1 Å². The van der Waals surface area contributed by atoms with Crippen LogP contribution in [0.4, 0.5) is 4.39 Å². The summed E-state index contributed by atoms with van der Waals surface area (Å²) in [4.78, 5) is 11.5. The molecule has 0 N–H and O–H groups in total. The van der Waals surface area contributed by atoms with Crippen molar-refractivity contribution in [2.75, 3.05) is 6.61 Å². The lowest BCUT2D eigenvalue weighted by atomic mass is 10.0. The van der Waals surface area contributed by atoms with Crippen molar-refractivity contribution in [3.05, 3.63) is 34.6 Å². The van der Waals surface area contributed by atoms with Crippen LogP contribution < -0.4 is 0 Å². The van der Waals surface area contributed by atoms with Gasteiger partial charge in [-0.2, -0.15) is 5.26 Å². The van der Waals surface area contributed by atoms with Crippen molar-refractivity contribution >= 4 is 17.6 Å². The van der Waals surface area contributed by atoms with Crippen molar-refractivity contribution in [3.8, 4) is 6.07 Å². The quantitative estimate of drug-likeness (QED) is 0.604. The van der Waals surface area contributed by atoms with Crippen LogP contribution in [-0.4, -0.2) is 12.6 Å². The van der Waals surface area contributed by atoms with Gasteiger partial charge >= 0.3 is 5.97 Å². The van der Waals surface area contributed by atoms with E-state index in [9.17, 15) is 9.18 Å². The molecule has 16 heavy (non-hydrogen) atoms. The van der Waals surface area contributed by atoms with Crippen LogP contribution in [0.3, 0.4) is 0 Å². The molecule has 84 valence electrons. The van der Waals surface area contributed by atoms with Crippen LogP contribution in [0.1, 0.15) is 28.4 Å². The fourth-order valence-corrected chi connectivity index (χ4v) is 1.42. The van der Waals surface area contributed by atoms with Gasteiger partial charge in [-0.25, -0.2) is 9.18 Å². The monoisotopic (exact) mass is 241 g/mol. The molecule has 0 unspecified atom stereocenters. The highest BCUT2D eigenvalue weighted by atomic mass is 35.5. The first kappa shape index (κ1) is 12.5. The predicted molar refractivity (Wildman–Crippen MR) is 56.6 cm³/mol. The van der Waals surface area contributed by atoms with E-state index in [2.05, 4.69) is 4.74 Å². The molecular formula is C11H9ClFNO2. The Hall–Kier alpha value is -1.60. The molecule has 0 spiro atoms. The summed E-state index contributed by atoms with van der Waals surface area (Å²) in [6.45, 7) is 1.72. The van der Waals surface area contributed by atoms with Gasteiger partial charge in [-0.15, -0.1) is 11.6 Å². The lowest BCUT2D eigenvalue weighted by Gasteiger charge is -2.07. The summed E-state index contributed by atoms with van der Waals surface area (Å²) in [5.74, 6) is -1.69. The molecule has 5 heteroatoms. The van der Waals surface area contributed by atoms with Crippen molar-refractivity contribution in [1.82, 2.24) is 0 Å². The number of carbonyl (C=O) groups is 1. The molecule has 1 aromatic carbocycles. The Kier molecular flexibility index (Phi) is 4.27. The highest BCUT2D eigenvalue weighted by Gasteiger charge is 2.20. The smallest absolute Gasteiger partial charge is 0.342 e. The zero-order chi connectivity index (χ0) is 12.1. The second-order valence-corrected chi connectivity index (χ2v) is 3.19. The Balaban J connectivity index is 3.33. The third kappa shape index (κ3) is 2.31. The number of hydrogen-bond donors (Lipinski definition) is 0. The third-order valence-electron chi connectivity index (χ3n) is 1.97. The van der Waals surface area contributed by atoms with Gasteiger partial charge in [-0.1, -0.05) is 6.07 Å². The summed E-state index contributed by atoms with van der Waals surface area (Å²) in [7, 11) is 0. The summed E-state index contributed by atoms with van der Waals surface area (Å²) in [5, 5.41) is 8.77. The fourth-order valence-electron chi connectivity index (χ4n) is 1.22. The van der Waals surface area contributed by atoms with Crippen molar-refractivity contribution in [1.29, 1.82) is 5.26 Å². The van der Waals surface area contributed by atoms with Crippen molar-refractivity contribution in [3.63, 3.8) is 0 Å². The van der Waals surface area contributed by atoms with E-state index >= 15 is 0 Å². The number of rotatable bonds is 3. The first-order chi connectivity index (χ1) is 7.65. The normalized spacial score (nSPS) is 9.62. The molecule has 0 saturated heterocycles. The van der Waals surface area contributed by atoms with Crippen LogP contribution >= 0.6 is 11.6 Å². The van der Waals surface area contributed by atoms with Crippen LogP contribution in [0.25, 0.3) is 0 Å². The summed E-state index contributed by atoms with van der Waals surface area (Å²) in [6, 6.07) is 4.48. The predicted octanol–water partition coefficient (Wildman–Crippen LogP) is 2.61. The van der Waals surface area contributed by atoms with Gasteiger partial charge in [0.2, 0.25) is 0 Å². The van der Waals surface area contributed by atoms with Gasteiger partial charge in [0.1, 0.15) is 17.4 Å². The molecular weight excluding hydrogens is 233 g/mol. The number of alkyl halides is 1. The summed E-state index contributed by atoms with van der Waals surface area (Å²) < 4.78 is 18.4. The lowest BCUT2D eigenvalue weighted by Crippen LogP contribution is -2.11. The second kappa shape index (κ2) is 5.47. The molecule has 3 nitrogen and oxygen atoms in total. The van der Waals surface area contributed by atoms with Crippen LogP contribution in [0.5, 0.6) is 0 Å². The van der Waals surface area contributed by atoms with Crippen LogP contribution in [0.2, 0.25) is 0 Å². The molecule has 0 fully saturated rings. The standard InChI is InChI=1S/C11H9ClFNO2/c1-2-16-11(15)9-8(6-14)4-3-7(5-12)10(9)13/h3-4H,2,5H2,1H3.